The molecule has 0 amide bonds. The molecule has 0 saturated carbocycles. The Morgan fingerprint density at radius 1 is 1.57 bits per heavy atom. The van der Waals surface area contributed by atoms with Gasteiger partial charge in [0.25, 0.3) is 0 Å². The number of aliphatic hydroxyl groups is 1. The minimum atomic E-state index is 0.352. The van der Waals surface area contributed by atoms with Gasteiger partial charge in [-0.1, -0.05) is 11.6 Å². The molecule has 1 nitrogen and oxygen atoms in total. The Bertz CT molecular complexity index is 119. The highest BCUT2D eigenvalue weighted by Crippen LogP contribution is 2.18. The van der Waals surface area contributed by atoms with Crippen molar-refractivity contribution in [1.82, 2.24) is 0 Å². The Morgan fingerprint density at radius 2 is 2.29 bits per heavy atom. The monoisotopic (exact) mass is 116 g/mol. The van der Waals surface area contributed by atoms with Crippen LogP contribution in [0.2, 0.25) is 0 Å². The van der Waals surface area contributed by atoms with Crippen molar-refractivity contribution in [2.24, 2.45) is 0 Å². The maximum atomic E-state index is 8.62. The molecule has 1 N–H and O–H groups in total. The molecule has 0 radical (unpaired) electrons. The molecular formula is C5H5ClO. The molecule has 1 aliphatic rings. The zero-order valence-corrected chi connectivity index (χ0v) is 4.44. The predicted molar refractivity (Wildman–Crippen MR) is 29.3 cm³/mol. The Kier molecular flexibility index (Phi) is 1.07. The predicted octanol–water partition coefficient (Wildman–Crippen LogP) is 1.95. The number of rotatable bonds is 0. The van der Waals surface area contributed by atoms with E-state index in [4.69, 9.17) is 16.7 Å². The van der Waals surface area contributed by atoms with Crippen molar-refractivity contribution in [3.8, 4) is 0 Å². The van der Waals surface area contributed by atoms with Gasteiger partial charge in [-0.15, -0.1) is 0 Å². The average Bonchev–Trinajstić information content (AvgIpc) is 1.87. The Labute approximate surface area is 46.9 Å². The molecule has 0 heterocycles. The molecule has 0 aromatic rings. The minimum absolute atomic E-state index is 0.352. The summed E-state index contributed by atoms with van der Waals surface area (Å²) in [6.45, 7) is 0. The fourth-order valence-electron chi connectivity index (χ4n) is 0.477. The maximum Gasteiger partial charge on any atom is 0.0975 e. The zero-order valence-electron chi connectivity index (χ0n) is 3.69. The van der Waals surface area contributed by atoms with Crippen LogP contribution in [0.4, 0.5) is 0 Å². The van der Waals surface area contributed by atoms with Crippen LogP contribution in [0.5, 0.6) is 0 Å². The van der Waals surface area contributed by atoms with Crippen LogP contribution in [0.3, 0.4) is 0 Å². The first kappa shape index (κ1) is 4.72. The standard InChI is InChI=1S/C5H5ClO/c6-4-1-2-5(7)3-4/h1-2,7H,3H2. The van der Waals surface area contributed by atoms with E-state index in [0.717, 1.165) is 0 Å². The van der Waals surface area contributed by atoms with E-state index in [-0.39, 0.29) is 0 Å². The molecule has 7 heavy (non-hydrogen) atoms. The maximum absolute atomic E-state index is 8.62. The van der Waals surface area contributed by atoms with Crippen molar-refractivity contribution in [2.75, 3.05) is 0 Å². The average molecular weight is 117 g/mol. The summed E-state index contributed by atoms with van der Waals surface area (Å²) in [4.78, 5) is 0. The number of hydrogen-bond acceptors (Lipinski definition) is 1. The second kappa shape index (κ2) is 1.58. The highest BCUT2D eigenvalue weighted by atomic mass is 35.5. The summed E-state index contributed by atoms with van der Waals surface area (Å²) in [5.74, 6) is 0.352. The van der Waals surface area contributed by atoms with Gasteiger partial charge < -0.3 is 5.11 Å². The SMILES string of the molecule is OC1=CC=C(Cl)C1. The highest BCUT2D eigenvalue weighted by Gasteiger charge is 2.01. The summed E-state index contributed by atoms with van der Waals surface area (Å²) in [6, 6.07) is 0. The van der Waals surface area contributed by atoms with Crippen LogP contribution in [-0.2, 0) is 0 Å². The van der Waals surface area contributed by atoms with Gasteiger partial charge in [0, 0.05) is 11.5 Å². The van der Waals surface area contributed by atoms with Gasteiger partial charge in [-0.3, -0.25) is 0 Å². The van der Waals surface area contributed by atoms with Crippen LogP contribution >= 0.6 is 11.6 Å². The summed E-state index contributed by atoms with van der Waals surface area (Å²) in [5.41, 5.74) is 0. The third-order valence-electron chi connectivity index (χ3n) is 0.807. The zero-order chi connectivity index (χ0) is 5.28. The molecule has 0 aromatic carbocycles. The summed E-state index contributed by atoms with van der Waals surface area (Å²) in [7, 11) is 0. The first-order valence-electron chi connectivity index (χ1n) is 2.03. The van der Waals surface area contributed by atoms with E-state index < -0.39 is 0 Å². The van der Waals surface area contributed by atoms with Crippen molar-refractivity contribution < 1.29 is 5.11 Å². The van der Waals surface area contributed by atoms with Crippen LogP contribution < -0.4 is 0 Å². The molecule has 2 heteroatoms. The van der Waals surface area contributed by atoms with Crippen molar-refractivity contribution in [3.05, 3.63) is 22.9 Å². The van der Waals surface area contributed by atoms with Gasteiger partial charge in [0.1, 0.15) is 0 Å². The van der Waals surface area contributed by atoms with Crippen LogP contribution in [-0.4, -0.2) is 5.11 Å². The lowest BCUT2D eigenvalue weighted by Crippen LogP contribution is -1.70. The topological polar surface area (TPSA) is 20.2 Å². The lowest BCUT2D eigenvalue weighted by molar-refractivity contribution is 0.404. The van der Waals surface area contributed by atoms with E-state index in [1.807, 2.05) is 0 Å². The van der Waals surface area contributed by atoms with Gasteiger partial charge in [0.15, 0.2) is 0 Å². The van der Waals surface area contributed by atoms with Crippen molar-refractivity contribution in [2.45, 2.75) is 6.42 Å². The fourth-order valence-corrected chi connectivity index (χ4v) is 0.677. The number of aliphatic hydroxyl groups excluding tert-OH is 1. The molecule has 0 fully saturated rings. The third-order valence-corrected chi connectivity index (χ3v) is 1.07. The summed E-state index contributed by atoms with van der Waals surface area (Å²) in [6.07, 6.45) is 3.81. The van der Waals surface area contributed by atoms with Crippen LogP contribution in [0, 0.1) is 0 Å². The van der Waals surface area contributed by atoms with E-state index >= 15 is 0 Å². The molecule has 0 bridgehead atoms. The van der Waals surface area contributed by atoms with Gasteiger partial charge in [-0.05, 0) is 12.2 Å². The quantitative estimate of drug-likeness (QED) is 0.513. The van der Waals surface area contributed by atoms with Gasteiger partial charge in [0.05, 0.1) is 5.76 Å². The van der Waals surface area contributed by atoms with Gasteiger partial charge in [-0.25, -0.2) is 0 Å². The molecule has 1 rings (SSSR count). The lowest BCUT2D eigenvalue weighted by atomic mass is 10.4. The first-order valence-corrected chi connectivity index (χ1v) is 2.41. The van der Waals surface area contributed by atoms with Crippen molar-refractivity contribution >= 4 is 11.6 Å². The Hall–Kier alpha value is -0.430. The molecule has 0 aromatic heterocycles. The van der Waals surface area contributed by atoms with E-state index in [0.29, 0.717) is 17.2 Å². The third kappa shape index (κ3) is 0.967. The van der Waals surface area contributed by atoms with Crippen LogP contribution in [0.25, 0.3) is 0 Å². The molecule has 1 aliphatic carbocycles. The van der Waals surface area contributed by atoms with Gasteiger partial charge in [-0.2, -0.15) is 0 Å². The van der Waals surface area contributed by atoms with E-state index in [1.54, 1.807) is 12.2 Å². The summed E-state index contributed by atoms with van der Waals surface area (Å²) in [5, 5.41) is 9.33. The van der Waals surface area contributed by atoms with Crippen molar-refractivity contribution in [1.29, 1.82) is 0 Å². The molecular weight excluding hydrogens is 112 g/mol. The summed E-state index contributed by atoms with van der Waals surface area (Å²) >= 11 is 5.46. The van der Waals surface area contributed by atoms with Crippen molar-refractivity contribution in [3.63, 3.8) is 0 Å². The Morgan fingerprint density at radius 3 is 2.43 bits per heavy atom. The van der Waals surface area contributed by atoms with E-state index in [2.05, 4.69) is 0 Å². The number of halogens is 1. The first-order chi connectivity index (χ1) is 3.29. The molecule has 0 saturated heterocycles. The highest BCUT2D eigenvalue weighted by molar-refractivity contribution is 6.30. The Balaban J connectivity index is 2.61. The van der Waals surface area contributed by atoms with Crippen LogP contribution in [0.15, 0.2) is 22.9 Å². The van der Waals surface area contributed by atoms with Gasteiger partial charge >= 0.3 is 0 Å². The molecule has 38 valence electrons. The largest absolute Gasteiger partial charge is 0.512 e. The summed E-state index contributed by atoms with van der Waals surface area (Å²) < 4.78 is 0. The smallest absolute Gasteiger partial charge is 0.0975 e. The lowest BCUT2D eigenvalue weighted by Gasteiger charge is -1.84. The van der Waals surface area contributed by atoms with E-state index in [9.17, 15) is 0 Å². The second-order valence-electron chi connectivity index (χ2n) is 1.45. The molecule has 0 spiro atoms. The molecule has 0 unspecified atom stereocenters. The second-order valence-corrected chi connectivity index (χ2v) is 1.93. The molecule has 0 aliphatic heterocycles. The molecule has 0 atom stereocenters. The minimum Gasteiger partial charge on any atom is -0.512 e. The number of allylic oxidation sites excluding steroid dienone is 3. The van der Waals surface area contributed by atoms with Gasteiger partial charge in [0.2, 0.25) is 0 Å². The van der Waals surface area contributed by atoms with Crippen LogP contribution in [0.1, 0.15) is 6.42 Å². The normalized spacial score (nSPS) is 19.0. The van der Waals surface area contributed by atoms with E-state index in [1.165, 1.54) is 0 Å². The fraction of sp³-hybridized carbons (Fsp3) is 0.200. The number of hydrogen-bond donors (Lipinski definition) is 1.